The van der Waals surface area contributed by atoms with Gasteiger partial charge in [0.15, 0.2) is 0 Å². The van der Waals surface area contributed by atoms with Gasteiger partial charge < -0.3 is 20.3 Å². The molecule has 0 atom stereocenters. The van der Waals surface area contributed by atoms with Gasteiger partial charge in [0, 0.05) is 29.8 Å². The van der Waals surface area contributed by atoms with E-state index in [4.69, 9.17) is 4.74 Å². The summed E-state index contributed by atoms with van der Waals surface area (Å²) < 4.78 is 5.99. The molecule has 2 rings (SSSR count). The normalized spacial score (nSPS) is 15.3. The van der Waals surface area contributed by atoms with Gasteiger partial charge in [-0.25, -0.2) is 9.59 Å². The van der Waals surface area contributed by atoms with Crippen molar-refractivity contribution < 1.29 is 14.3 Å². The average molecular weight is 396 g/mol. The van der Waals surface area contributed by atoms with Crippen LogP contribution in [0, 0.1) is 0 Å². The minimum absolute atomic E-state index is 0.0664. The fourth-order valence-corrected chi connectivity index (χ4v) is 2.70. The molecular formula is C17H22BrN3O3. The van der Waals surface area contributed by atoms with Gasteiger partial charge in [0.25, 0.3) is 0 Å². The summed E-state index contributed by atoms with van der Waals surface area (Å²) in [6.07, 6.45) is 4.62. The van der Waals surface area contributed by atoms with E-state index >= 15 is 0 Å². The van der Waals surface area contributed by atoms with Crippen LogP contribution in [-0.4, -0.2) is 42.8 Å². The van der Waals surface area contributed by atoms with Crippen molar-refractivity contribution in [3.05, 3.63) is 40.5 Å². The van der Waals surface area contributed by atoms with Gasteiger partial charge in [-0.1, -0.05) is 28.1 Å². The zero-order valence-corrected chi connectivity index (χ0v) is 15.2. The lowest BCUT2D eigenvalue weighted by Crippen LogP contribution is -2.48. The van der Waals surface area contributed by atoms with Gasteiger partial charge in [-0.05, 0) is 43.5 Å². The number of nitrogens with one attached hydrogen (secondary N) is 2. The van der Waals surface area contributed by atoms with Crippen molar-refractivity contribution in [2.75, 3.05) is 19.7 Å². The number of carbonyl (C=O) groups excluding carboxylic acids is 2. The van der Waals surface area contributed by atoms with E-state index in [9.17, 15) is 9.59 Å². The van der Waals surface area contributed by atoms with Crippen molar-refractivity contribution in [3.8, 4) is 0 Å². The Morgan fingerprint density at radius 2 is 1.96 bits per heavy atom. The third-order valence-corrected chi connectivity index (χ3v) is 4.25. The highest BCUT2D eigenvalue weighted by Crippen LogP contribution is 2.12. The highest BCUT2D eigenvalue weighted by atomic mass is 79.9. The number of nitrogens with zero attached hydrogens (tertiary/aromatic N) is 1. The zero-order chi connectivity index (χ0) is 17.4. The first-order valence-corrected chi connectivity index (χ1v) is 8.78. The van der Waals surface area contributed by atoms with Crippen LogP contribution in [0.4, 0.5) is 9.59 Å². The summed E-state index contributed by atoms with van der Waals surface area (Å²) >= 11 is 3.38. The molecule has 0 unspecified atom stereocenters. The topological polar surface area (TPSA) is 70.7 Å². The third kappa shape index (κ3) is 5.88. The molecule has 130 valence electrons. The van der Waals surface area contributed by atoms with Crippen LogP contribution < -0.4 is 10.6 Å². The van der Waals surface area contributed by atoms with Crippen LogP contribution in [0.25, 0.3) is 6.08 Å². The smallest absolute Gasteiger partial charge is 0.409 e. The molecule has 2 N–H and O–H groups in total. The number of likely N-dealkylation sites (tertiary alicyclic amines) is 1. The van der Waals surface area contributed by atoms with E-state index in [0.717, 1.165) is 22.9 Å². The summed E-state index contributed by atoms with van der Waals surface area (Å²) in [5.74, 6) is 0. The van der Waals surface area contributed by atoms with Crippen molar-refractivity contribution in [3.63, 3.8) is 0 Å². The number of piperidine rings is 1. The van der Waals surface area contributed by atoms with Crippen molar-refractivity contribution in [1.82, 2.24) is 15.5 Å². The molecule has 0 spiro atoms. The number of amides is 3. The SMILES string of the molecule is CCOC(=O)N1CCC(NC(=O)N/C=C/c2ccc(Br)cc2)CC1. The second kappa shape index (κ2) is 9.32. The first-order chi connectivity index (χ1) is 11.6. The number of carbonyl (C=O) groups is 2. The van der Waals surface area contributed by atoms with Gasteiger partial charge in [0.1, 0.15) is 0 Å². The Hall–Kier alpha value is -2.02. The second-order valence-corrected chi connectivity index (χ2v) is 6.38. The summed E-state index contributed by atoms with van der Waals surface area (Å²) in [5, 5.41) is 5.62. The van der Waals surface area contributed by atoms with Crippen molar-refractivity contribution in [2.45, 2.75) is 25.8 Å². The molecule has 1 saturated heterocycles. The summed E-state index contributed by atoms with van der Waals surface area (Å²) in [4.78, 5) is 25.2. The fourth-order valence-electron chi connectivity index (χ4n) is 2.44. The summed E-state index contributed by atoms with van der Waals surface area (Å²) in [5.41, 5.74) is 1.00. The van der Waals surface area contributed by atoms with Gasteiger partial charge in [0.05, 0.1) is 6.61 Å². The Morgan fingerprint density at radius 3 is 2.58 bits per heavy atom. The second-order valence-electron chi connectivity index (χ2n) is 5.46. The molecule has 1 aromatic rings. The predicted molar refractivity (Wildman–Crippen MR) is 96.5 cm³/mol. The standard InChI is InChI=1S/C17H22BrN3O3/c1-2-24-17(23)21-11-8-15(9-12-21)20-16(22)19-10-7-13-3-5-14(18)6-4-13/h3-7,10,15H,2,8-9,11-12H2,1H3,(H2,19,20,22)/b10-7+. The van der Waals surface area contributed by atoms with Crippen LogP contribution in [-0.2, 0) is 4.74 Å². The molecule has 1 heterocycles. The van der Waals surface area contributed by atoms with Gasteiger partial charge in [-0.3, -0.25) is 0 Å². The maximum absolute atomic E-state index is 11.9. The summed E-state index contributed by atoms with van der Waals surface area (Å²) in [6.45, 7) is 3.36. The van der Waals surface area contributed by atoms with Crippen LogP contribution in [0.1, 0.15) is 25.3 Å². The molecule has 7 heteroatoms. The van der Waals surface area contributed by atoms with Gasteiger partial charge in [-0.15, -0.1) is 0 Å². The molecule has 3 amide bonds. The van der Waals surface area contributed by atoms with Gasteiger partial charge in [-0.2, -0.15) is 0 Å². The number of hydrogen-bond donors (Lipinski definition) is 2. The first-order valence-electron chi connectivity index (χ1n) is 7.99. The number of ether oxygens (including phenoxy) is 1. The quantitative estimate of drug-likeness (QED) is 0.820. The van der Waals surface area contributed by atoms with Crippen molar-refractivity contribution >= 4 is 34.1 Å². The van der Waals surface area contributed by atoms with Crippen LogP contribution in [0.2, 0.25) is 0 Å². The van der Waals surface area contributed by atoms with E-state index in [-0.39, 0.29) is 18.2 Å². The molecule has 0 radical (unpaired) electrons. The molecular weight excluding hydrogens is 374 g/mol. The Balaban J connectivity index is 1.70. The number of benzene rings is 1. The van der Waals surface area contributed by atoms with E-state index in [2.05, 4.69) is 26.6 Å². The average Bonchev–Trinajstić information content (AvgIpc) is 2.57. The van der Waals surface area contributed by atoms with E-state index < -0.39 is 0 Å². The lowest BCUT2D eigenvalue weighted by molar-refractivity contribution is 0.0958. The highest BCUT2D eigenvalue weighted by molar-refractivity contribution is 9.10. The Kier molecular flexibility index (Phi) is 7.11. The van der Waals surface area contributed by atoms with Crippen LogP contribution in [0.3, 0.4) is 0 Å². The number of halogens is 1. The van der Waals surface area contributed by atoms with E-state index in [1.807, 2.05) is 30.3 Å². The molecule has 24 heavy (non-hydrogen) atoms. The van der Waals surface area contributed by atoms with E-state index in [0.29, 0.717) is 19.7 Å². The Labute approximate surface area is 150 Å². The molecule has 0 aliphatic carbocycles. The maximum Gasteiger partial charge on any atom is 0.409 e. The molecule has 0 saturated carbocycles. The van der Waals surface area contributed by atoms with Crippen molar-refractivity contribution in [1.29, 1.82) is 0 Å². The Bertz CT molecular complexity index is 581. The fraction of sp³-hybridized carbons (Fsp3) is 0.412. The third-order valence-electron chi connectivity index (χ3n) is 3.72. The monoisotopic (exact) mass is 395 g/mol. The van der Waals surface area contributed by atoms with Crippen LogP contribution >= 0.6 is 15.9 Å². The zero-order valence-electron chi connectivity index (χ0n) is 13.6. The van der Waals surface area contributed by atoms with E-state index in [1.165, 1.54) is 0 Å². The highest BCUT2D eigenvalue weighted by Gasteiger charge is 2.24. The largest absolute Gasteiger partial charge is 0.450 e. The predicted octanol–water partition coefficient (Wildman–Crippen LogP) is 3.34. The molecule has 1 aromatic carbocycles. The lowest BCUT2D eigenvalue weighted by atomic mass is 10.1. The molecule has 0 bridgehead atoms. The summed E-state index contributed by atoms with van der Waals surface area (Å²) in [6, 6.07) is 7.61. The maximum atomic E-state index is 11.9. The van der Waals surface area contributed by atoms with Crippen molar-refractivity contribution in [2.24, 2.45) is 0 Å². The number of rotatable bonds is 4. The summed E-state index contributed by atoms with van der Waals surface area (Å²) in [7, 11) is 0. The molecule has 1 aliphatic heterocycles. The van der Waals surface area contributed by atoms with E-state index in [1.54, 1.807) is 18.0 Å². The van der Waals surface area contributed by atoms with Gasteiger partial charge in [0.2, 0.25) is 0 Å². The lowest BCUT2D eigenvalue weighted by Gasteiger charge is -2.31. The minimum Gasteiger partial charge on any atom is -0.450 e. The Morgan fingerprint density at radius 1 is 1.29 bits per heavy atom. The molecule has 1 fully saturated rings. The molecule has 0 aromatic heterocycles. The minimum atomic E-state index is -0.280. The number of hydrogen-bond acceptors (Lipinski definition) is 3. The van der Waals surface area contributed by atoms with Crippen LogP contribution in [0.15, 0.2) is 34.9 Å². The van der Waals surface area contributed by atoms with Crippen LogP contribution in [0.5, 0.6) is 0 Å². The molecule has 1 aliphatic rings. The molecule has 6 nitrogen and oxygen atoms in total. The number of urea groups is 1. The first kappa shape index (κ1) is 18.3. The van der Waals surface area contributed by atoms with Gasteiger partial charge >= 0.3 is 12.1 Å².